The van der Waals surface area contributed by atoms with Crippen molar-refractivity contribution < 1.29 is 20.8 Å². The van der Waals surface area contributed by atoms with Gasteiger partial charge < -0.3 is 14.7 Å². The lowest BCUT2D eigenvalue weighted by Gasteiger charge is -2.36. The van der Waals surface area contributed by atoms with E-state index in [1.54, 1.807) is 18.2 Å². The summed E-state index contributed by atoms with van der Waals surface area (Å²) < 4.78 is 70.1. The third kappa shape index (κ3) is 4.35. The zero-order chi connectivity index (χ0) is 25.6. The van der Waals surface area contributed by atoms with Crippen molar-refractivity contribution in [2.24, 2.45) is 4.99 Å². The molecule has 2 aliphatic rings. The Morgan fingerprint density at radius 2 is 1.85 bits per heavy atom. The van der Waals surface area contributed by atoms with Crippen molar-refractivity contribution in [3.8, 4) is 0 Å². The number of ether oxygens (including phenoxy) is 1. The quantitative estimate of drug-likeness (QED) is 0.849. The number of para-hydroxylation sites is 1. The molecule has 27 heavy (non-hydrogen) atoms. The molecular formula is C21H25N3O2S. The van der Waals surface area contributed by atoms with Gasteiger partial charge in [-0.1, -0.05) is 42.1 Å². The van der Waals surface area contributed by atoms with Crippen LogP contribution in [0.25, 0.3) is 0 Å². The molecule has 2 aromatic rings. The van der Waals surface area contributed by atoms with Crippen molar-refractivity contribution in [2.75, 3.05) is 52.4 Å². The second kappa shape index (κ2) is 8.89. The molecule has 0 bridgehead atoms. The van der Waals surface area contributed by atoms with Crippen molar-refractivity contribution in [3.63, 3.8) is 0 Å². The van der Waals surface area contributed by atoms with E-state index in [0.717, 1.165) is 14.7 Å². The summed E-state index contributed by atoms with van der Waals surface area (Å²) in [4.78, 5) is 8.67. The lowest BCUT2D eigenvalue weighted by molar-refractivity contribution is 0.0652. The summed E-state index contributed by atoms with van der Waals surface area (Å²) in [6.45, 7) is -11.9. The fraction of sp³-hybridized carbons (Fsp3) is 0.381. The van der Waals surface area contributed by atoms with E-state index in [4.69, 9.17) is 20.7 Å². The number of aliphatic imine (C=N–C) groups is 1. The van der Waals surface area contributed by atoms with Gasteiger partial charge in [0.2, 0.25) is 0 Å². The molecule has 1 saturated heterocycles. The monoisotopic (exact) mass is 391 g/mol. The molecule has 2 heterocycles. The summed E-state index contributed by atoms with van der Waals surface area (Å²) in [6.07, 6.45) is 0. The van der Waals surface area contributed by atoms with Crippen molar-refractivity contribution in [1.29, 1.82) is 0 Å². The molecule has 0 amide bonds. The third-order valence-corrected chi connectivity index (χ3v) is 5.22. The Balaban J connectivity index is 1.67. The lowest BCUT2D eigenvalue weighted by Crippen LogP contribution is -2.49. The van der Waals surface area contributed by atoms with E-state index in [-0.39, 0.29) is 18.9 Å². The minimum absolute atomic E-state index is 0.153. The smallest absolute Gasteiger partial charge is 0.137 e. The summed E-state index contributed by atoms with van der Waals surface area (Å²) in [6, 6.07) is 14.7. The first-order valence-corrected chi connectivity index (χ1v) is 9.33. The average Bonchev–Trinajstić information content (AvgIpc) is 2.86. The number of aliphatic hydroxyl groups is 1. The first kappa shape index (κ1) is 11.2. The molecule has 0 aromatic heterocycles. The van der Waals surface area contributed by atoms with Gasteiger partial charge in [0.1, 0.15) is 5.84 Å². The van der Waals surface area contributed by atoms with Gasteiger partial charge in [-0.2, -0.15) is 0 Å². The zero-order valence-corrected chi connectivity index (χ0v) is 15.4. The maximum absolute atomic E-state index is 9.19. The Bertz CT molecular complexity index is 1110. The predicted molar refractivity (Wildman–Crippen MR) is 109 cm³/mol. The van der Waals surface area contributed by atoms with Gasteiger partial charge in [-0.05, 0) is 18.2 Å². The van der Waals surface area contributed by atoms with E-state index in [9.17, 15) is 5.11 Å². The van der Waals surface area contributed by atoms with Crippen LogP contribution in [0.4, 0.5) is 5.69 Å². The number of hydrogen-bond acceptors (Lipinski definition) is 6. The van der Waals surface area contributed by atoms with Gasteiger partial charge in [0.05, 0.1) is 36.4 Å². The third-order valence-electron chi connectivity index (χ3n) is 4.08. The van der Waals surface area contributed by atoms with E-state index >= 15 is 0 Å². The van der Waals surface area contributed by atoms with Gasteiger partial charge in [0.25, 0.3) is 0 Å². The Kier molecular flexibility index (Phi) is 3.69. The fourth-order valence-corrected chi connectivity index (χ4v) is 3.79. The maximum atomic E-state index is 9.19. The van der Waals surface area contributed by atoms with Crippen LogP contribution in [-0.2, 0) is 4.74 Å². The van der Waals surface area contributed by atoms with E-state index in [1.165, 1.54) is 16.7 Å². The number of rotatable bonds is 5. The van der Waals surface area contributed by atoms with E-state index in [0.29, 0.717) is 11.3 Å². The molecule has 0 atom stereocenters. The zero-order valence-electron chi connectivity index (χ0n) is 22.6. The highest BCUT2D eigenvalue weighted by Gasteiger charge is 2.24. The average molecular weight is 392 g/mol. The van der Waals surface area contributed by atoms with E-state index in [1.807, 2.05) is 30.3 Å². The number of amidine groups is 1. The molecule has 0 saturated carbocycles. The first-order valence-electron chi connectivity index (χ1n) is 12.5. The van der Waals surface area contributed by atoms with Crippen molar-refractivity contribution in [2.45, 2.75) is 9.79 Å². The second-order valence-electron chi connectivity index (χ2n) is 5.89. The van der Waals surface area contributed by atoms with Crippen LogP contribution in [0.3, 0.4) is 0 Å². The second-order valence-corrected chi connectivity index (χ2v) is 6.97. The van der Waals surface area contributed by atoms with Gasteiger partial charge >= 0.3 is 0 Å². The van der Waals surface area contributed by atoms with Crippen LogP contribution in [0.5, 0.6) is 0 Å². The summed E-state index contributed by atoms with van der Waals surface area (Å²) in [5.74, 6) is 0.153. The van der Waals surface area contributed by atoms with Crippen LogP contribution in [0.1, 0.15) is 16.5 Å². The first-order chi connectivity index (χ1) is 16.2. The minimum Gasteiger partial charge on any atom is -0.394 e. The Morgan fingerprint density at radius 3 is 2.67 bits per heavy atom. The highest BCUT2D eigenvalue weighted by Crippen LogP contribution is 2.40. The highest BCUT2D eigenvalue weighted by molar-refractivity contribution is 7.99. The van der Waals surface area contributed by atoms with Crippen LogP contribution in [0.15, 0.2) is 63.3 Å². The molecule has 0 spiro atoms. The molecule has 1 N–H and O–H groups in total. The van der Waals surface area contributed by atoms with E-state index < -0.39 is 39.3 Å². The van der Waals surface area contributed by atoms with Gasteiger partial charge in [0, 0.05) is 48.0 Å². The Labute approximate surface area is 175 Å². The van der Waals surface area contributed by atoms with Crippen LogP contribution in [0, 0.1) is 0 Å². The molecule has 0 unspecified atom stereocenters. The van der Waals surface area contributed by atoms with Crippen LogP contribution in [0.2, 0.25) is 0 Å². The number of fused-ring (bicyclic) bond motifs is 2. The minimum atomic E-state index is -2.73. The molecule has 4 rings (SSSR count). The normalized spacial score (nSPS) is 26.3. The molecule has 0 radical (unpaired) electrons. The van der Waals surface area contributed by atoms with Crippen LogP contribution >= 0.6 is 11.8 Å². The molecule has 6 heteroatoms. The van der Waals surface area contributed by atoms with Gasteiger partial charge in [-0.15, -0.1) is 0 Å². The van der Waals surface area contributed by atoms with Crippen molar-refractivity contribution in [1.82, 2.24) is 9.80 Å². The van der Waals surface area contributed by atoms with Gasteiger partial charge in [-0.25, -0.2) is 4.99 Å². The number of hydrogen-bond donors (Lipinski definition) is 1. The van der Waals surface area contributed by atoms with Crippen LogP contribution in [-0.4, -0.2) is 73.1 Å². The van der Waals surface area contributed by atoms with Crippen molar-refractivity contribution in [3.05, 3.63) is 54.1 Å². The Hall–Kier alpha value is -1.86. The Morgan fingerprint density at radius 1 is 1.11 bits per heavy atom. The van der Waals surface area contributed by atoms with E-state index in [2.05, 4.69) is 0 Å². The summed E-state index contributed by atoms with van der Waals surface area (Å²) >= 11 is 1.47. The largest absolute Gasteiger partial charge is 0.394 e. The SMILES string of the molecule is [2H]C([2H])(O)COC([2H])([2H])CN1CC([2H])([2H])N(C2=Nc3ccccc3Sc3ccccc32)C([2H])([2H])C1. The summed E-state index contributed by atoms with van der Waals surface area (Å²) in [5.41, 5.74) is 1.19. The lowest BCUT2D eigenvalue weighted by atomic mass is 10.1. The standard InChI is InChI=1S/C21H25N3O2S/c25-14-16-26-15-13-23-9-11-24(12-10-23)21-17-5-1-3-7-19(17)27-20-8-4-2-6-18(20)22-21/h1-8,25H,9-16H2/i11D2,12D2,14D2,15D2. The number of benzene rings is 2. The number of nitrogens with zero attached hydrogens (tertiary/aromatic N) is 3. The highest BCUT2D eigenvalue weighted by atomic mass is 32.2. The summed E-state index contributed by atoms with van der Waals surface area (Å²) in [5, 5.41) is 9.19. The fourth-order valence-electron chi connectivity index (χ4n) is 2.77. The predicted octanol–water partition coefficient (Wildman–Crippen LogP) is 2.86. The molecular weight excluding hydrogens is 358 g/mol. The molecule has 2 aliphatic heterocycles. The molecule has 0 aliphatic carbocycles. The van der Waals surface area contributed by atoms with Crippen LogP contribution < -0.4 is 0 Å². The van der Waals surface area contributed by atoms with Gasteiger partial charge in [-0.3, -0.25) is 4.90 Å². The maximum Gasteiger partial charge on any atom is 0.137 e. The number of piperazine rings is 1. The van der Waals surface area contributed by atoms with Gasteiger partial charge in [0.15, 0.2) is 0 Å². The molecule has 2 aromatic carbocycles. The molecule has 5 nitrogen and oxygen atoms in total. The molecule has 142 valence electrons. The topological polar surface area (TPSA) is 48.3 Å². The summed E-state index contributed by atoms with van der Waals surface area (Å²) in [7, 11) is 0. The van der Waals surface area contributed by atoms with Crippen molar-refractivity contribution >= 4 is 23.3 Å². The molecule has 1 fully saturated rings.